The van der Waals surface area contributed by atoms with Crippen LogP contribution in [-0.4, -0.2) is 28.1 Å². The maximum Gasteiger partial charge on any atom is 0.227 e. The molecule has 176 valence electrons. The Kier molecular flexibility index (Phi) is 5.42. The topological polar surface area (TPSA) is 61.2 Å². The van der Waals surface area contributed by atoms with Crippen molar-refractivity contribution in [2.24, 2.45) is 0 Å². The molecule has 2 atom stereocenters. The van der Waals surface area contributed by atoms with Gasteiger partial charge in [0.2, 0.25) is 11.1 Å². The van der Waals surface area contributed by atoms with Crippen LogP contribution in [-0.2, 0) is 0 Å². The van der Waals surface area contributed by atoms with Gasteiger partial charge in [-0.15, -0.1) is 5.10 Å². The molecule has 0 amide bonds. The molecule has 3 heterocycles. The highest BCUT2D eigenvalue weighted by molar-refractivity contribution is 7.98. The fraction of sp³-hybridized carbons (Fsp3) is 0.154. The van der Waals surface area contributed by atoms with Crippen LogP contribution in [0.15, 0.2) is 77.5 Å². The number of aromatic nitrogens is 3. The van der Waals surface area contributed by atoms with Crippen molar-refractivity contribution < 1.29 is 13.9 Å². The maximum absolute atomic E-state index is 15.2. The highest BCUT2D eigenvalue weighted by Crippen LogP contribution is 2.51. The molecule has 0 bridgehead atoms. The third-order valence-corrected chi connectivity index (χ3v) is 6.99. The third kappa shape index (κ3) is 3.64. The van der Waals surface area contributed by atoms with Crippen molar-refractivity contribution in [3.05, 3.63) is 99.8 Å². The Labute approximate surface area is 210 Å². The predicted molar refractivity (Wildman–Crippen MR) is 135 cm³/mol. The van der Waals surface area contributed by atoms with Gasteiger partial charge in [0.25, 0.3) is 0 Å². The molecule has 3 aromatic carbocycles. The van der Waals surface area contributed by atoms with Crippen LogP contribution in [0, 0.1) is 5.82 Å². The van der Waals surface area contributed by atoms with Crippen LogP contribution in [0.5, 0.6) is 11.5 Å². The molecule has 6 rings (SSSR count). The summed E-state index contributed by atoms with van der Waals surface area (Å²) >= 11 is 7.84. The number of methoxy groups -OCH3 is 1. The molecule has 0 fully saturated rings. The number of hydrogen-bond donors (Lipinski definition) is 1. The summed E-state index contributed by atoms with van der Waals surface area (Å²) in [5.41, 5.74) is 3.78. The number of nitrogens with one attached hydrogen (secondary N) is 1. The molecule has 1 N–H and O–H groups in total. The number of ether oxygens (including phenoxy) is 2. The molecule has 9 heteroatoms. The quantitative estimate of drug-likeness (QED) is 0.325. The number of anilines is 1. The number of nitrogens with zero attached hydrogens (tertiary/aromatic N) is 3. The number of halogens is 2. The Morgan fingerprint density at radius 2 is 1.91 bits per heavy atom. The minimum absolute atomic E-state index is 0.343. The van der Waals surface area contributed by atoms with Crippen molar-refractivity contribution in [2.75, 3.05) is 18.7 Å². The van der Waals surface area contributed by atoms with Crippen molar-refractivity contribution in [2.45, 2.75) is 17.3 Å². The molecule has 0 aliphatic carbocycles. The maximum atomic E-state index is 15.2. The van der Waals surface area contributed by atoms with E-state index in [1.165, 1.54) is 17.8 Å². The van der Waals surface area contributed by atoms with E-state index in [-0.39, 0.29) is 5.82 Å². The van der Waals surface area contributed by atoms with Crippen LogP contribution in [0.2, 0.25) is 5.02 Å². The van der Waals surface area contributed by atoms with E-state index in [1.807, 2.05) is 53.4 Å². The second-order valence-corrected chi connectivity index (χ2v) is 9.37. The van der Waals surface area contributed by atoms with E-state index in [4.69, 9.17) is 26.2 Å². The Morgan fingerprint density at radius 3 is 2.66 bits per heavy atom. The summed E-state index contributed by atoms with van der Waals surface area (Å²) in [6, 6.07) is 19.5. The number of benzene rings is 3. The highest BCUT2D eigenvalue weighted by Gasteiger charge is 2.42. The molecule has 0 saturated carbocycles. The molecule has 4 aromatic rings. The monoisotopic (exact) mass is 506 g/mol. The van der Waals surface area contributed by atoms with Gasteiger partial charge in [-0.1, -0.05) is 53.7 Å². The minimum atomic E-state index is -0.699. The summed E-state index contributed by atoms with van der Waals surface area (Å²) in [5.74, 6) is 1.60. The molecule has 35 heavy (non-hydrogen) atoms. The molecular weight excluding hydrogens is 487 g/mol. The Bertz CT molecular complexity index is 1470. The summed E-state index contributed by atoms with van der Waals surface area (Å²) in [5, 5.41) is 9.40. The van der Waals surface area contributed by atoms with Crippen LogP contribution >= 0.6 is 23.4 Å². The lowest BCUT2D eigenvalue weighted by atomic mass is 9.84. The van der Waals surface area contributed by atoms with Gasteiger partial charge < -0.3 is 14.8 Å². The standard InChI is InChI=1S/C26H20ClFN4O2S/c1-33-16-10-7-14(8-11-16)23-21-22(29-25-30-26(35-2)31-32(23)25)18-13-15(27)9-12-20(18)34-24(21)17-5-3-4-6-19(17)28/h3-13,23-24H,1-2H3,(H,29,30,31)/t23-,24-/m0/s1. The zero-order valence-electron chi connectivity index (χ0n) is 18.8. The van der Waals surface area contributed by atoms with Gasteiger partial charge in [-0.25, -0.2) is 9.07 Å². The number of rotatable bonds is 4. The van der Waals surface area contributed by atoms with Crippen LogP contribution in [0.3, 0.4) is 0 Å². The number of fused-ring (bicyclic) bond motifs is 3. The van der Waals surface area contributed by atoms with Gasteiger partial charge in [0, 0.05) is 21.7 Å². The molecule has 0 saturated heterocycles. The van der Waals surface area contributed by atoms with Crippen LogP contribution in [0.25, 0.3) is 5.70 Å². The Morgan fingerprint density at radius 1 is 1.11 bits per heavy atom. The lowest BCUT2D eigenvalue weighted by Crippen LogP contribution is -2.32. The van der Waals surface area contributed by atoms with Gasteiger partial charge >= 0.3 is 0 Å². The second-order valence-electron chi connectivity index (χ2n) is 8.16. The minimum Gasteiger partial charge on any atom is -0.497 e. The van der Waals surface area contributed by atoms with Gasteiger partial charge in [-0.2, -0.15) is 4.98 Å². The molecule has 0 radical (unpaired) electrons. The first kappa shape index (κ1) is 22.0. The Hall–Kier alpha value is -3.49. The van der Waals surface area contributed by atoms with Crippen LogP contribution < -0.4 is 14.8 Å². The first-order valence-corrected chi connectivity index (χ1v) is 12.5. The summed E-state index contributed by atoms with van der Waals surface area (Å²) in [6.07, 6.45) is 1.23. The predicted octanol–water partition coefficient (Wildman–Crippen LogP) is 6.36. The van der Waals surface area contributed by atoms with Gasteiger partial charge in [0.1, 0.15) is 23.4 Å². The first-order chi connectivity index (χ1) is 17.1. The molecular formula is C26H20ClFN4O2S. The van der Waals surface area contributed by atoms with E-state index in [9.17, 15) is 0 Å². The molecule has 2 aliphatic rings. The number of thioether (sulfide) groups is 1. The average Bonchev–Trinajstić information content (AvgIpc) is 3.30. The van der Waals surface area contributed by atoms with Crippen molar-refractivity contribution >= 4 is 35.0 Å². The molecule has 0 unspecified atom stereocenters. The van der Waals surface area contributed by atoms with Crippen molar-refractivity contribution in [3.8, 4) is 11.5 Å². The summed E-state index contributed by atoms with van der Waals surface area (Å²) in [4.78, 5) is 4.68. The van der Waals surface area contributed by atoms with Crippen molar-refractivity contribution in [1.29, 1.82) is 0 Å². The van der Waals surface area contributed by atoms with Crippen LogP contribution in [0.4, 0.5) is 10.3 Å². The SMILES string of the molecule is COc1ccc([C@H]2C3=C(Nc4nc(SC)nn42)c2cc(Cl)ccc2O[C@H]3c2ccccc2F)cc1. The molecule has 6 nitrogen and oxygen atoms in total. The second kappa shape index (κ2) is 8.62. The number of hydrogen-bond acceptors (Lipinski definition) is 6. The van der Waals surface area contributed by atoms with Gasteiger partial charge in [0.05, 0.1) is 12.8 Å². The van der Waals surface area contributed by atoms with E-state index in [0.717, 1.165) is 28.1 Å². The average molecular weight is 507 g/mol. The summed E-state index contributed by atoms with van der Waals surface area (Å²) in [7, 11) is 1.63. The molecule has 2 aliphatic heterocycles. The normalized spacial score (nSPS) is 18.2. The molecule has 1 aromatic heterocycles. The lowest BCUT2D eigenvalue weighted by molar-refractivity contribution is 0.218. The van der Waals surface area contributed by atoms with Crippen molar-refractivity contribution in [3.63, 3.8) is 0 Å². The smallest absolute Gasteiger partial charge is 0.227 e. The van der Waals surface area contributed by atoms with E-state index < -0.39 is 12.1 Å². The van der Waals surface area contributed by atoms with E-state index in [1.54, 1.807) is 25.3 Å². The zero-order chi connectivity index (χ0) is 24.1. The fourth-order valence-corrected chi connectivity index (χ4v) is 5.14. The largest absolute Gasteiger partial charge is 0.497 e. The Balaban J connectivity index is 1.64. The third-order valence-electron chi connectivity index (χ3n) is 6.22. The lowest BCUT2D eigenvalue weighted by Gasteiger charge is -2.39. The van der Waals surface area contributed by atoms with Gasteiger partial charge in [-0.3, -0.25) is 0 Å². The highest BCUT2D eigenvalue weighted by atomic mass is 35.5. The van der Waals surface area contributed by atoms with Gasteiger partial charge in [0.15, 0.2) is 6.10 Å². The summed E-state index contributed by atoms with van der Waals surface area (Å²) < 4.78 is 28.8. The van der Waals surface area contributed by atoms with E-state index in [0.29, 0.717) is 27.4 Å². The van der Waals surface area contributed by atoms with Gasteiger partial charge in [-0.05, 0) is 48.2 Å². The molecule has 0 spiro atoms. The zero-order valence-corrected chi connectivity index (χ0v) is 20.4. The van der Waals surface area contributed by atoms with Crippen LogP contribution in [0.1, 0.15) is 28.8 Å². The van der Waals surface area contributed by atoms with E-state index in [2.05, 4.69) is 10.3 Å². The van der Waals surface area contributed by atoms with E-state index >= 15 is 4.39 Å². The summed E-state index contributed by atoms with van der Waals surface area (Å²) in [6.45, 7) is 0. The first-order valence-electron chi connectivity index (χ1n) is 10.9. The van der Waals surface area contributed by atoms with Crippen molar-refractivity contribution in [1.82, 2.24) is 14.8 Å². The fourth-order valence-electron chi connectivity index (χ4n) is 4.62.